The zero-order valence-electron chi connectivity index (χ0n) is 17.1. The molecule has 0 N–H and O–H groups in total. The van der Waals surface area contributed by atoms with Crippen LogP contribution in [0, 0.1) is 11.8 Å². The predicted molar refractivity (Wildman–Crippen MR) is 107 cm³/mol. The standard InChI is InChI=1S/C23H23NO6/c1-12-17-10-14(30-22(27)29-3)11-24(17)23(19(12)21(26)28-2)16-9-5-7-13-6-4-8-15(18(13)16)20(23)25/h4-9,12,14,17,19H,10-11H2,1-3H3/t12-,14-,17-,19-,23+/m1/s1. The molecule has 0 unspecified atom stereocenters. The van der Waals surface area contributed by atoms with E-state index in [1.807, 2.05) is 43.3 Å². The van der Waals surface area contributed by atoms with E-state index < -0.39 is 23.7 Å². The van der Waals surface area contributed by atoms with Crippen molar-refractivity contribution in [3.8, 4) is 0 Å². The first-order valence-electron chi connectivity index (χ1n) is 10.1. The SMILES string of the molecule is COC(=O)O[C@@H]1C[C@@H]2[C@@H](C)[C@H](C(=O)OC)[C@@]3(C(=O)c4cccc5cccc3c45)N2C1. The number of methoxy groups -OCH3 is 2. The zero-order valence-corrected chi connectivity index (χ0v) is 17.1. The molecule has 7 heteroatoms. The van der Waals surface area contributed by atoms with E-state index in [0.717, 1.165) is 16.3 Å². The molecule has 2 fully saturated rings. The topological polar surface area (TPSA) is 82.1 Å². The summed E-state index contributed by atoms with van der Waals surface area (Å²) in [5.74, 6) is -1.27. The molecule has 3 aliphatic rings. The van der Waals surface area contributed by atoms with Gasteiger partial charge in [-0.05, 0) is 22.3 Å². The summed E-state index contributed by atoms with van der Waals surface area (Å²) in [6.45, 7) is 2.33. The molecule has 30 heavy (non-hydrogen) atoms. The van der Waals surface area contributed by atoms with Crippen LogP contribution in [-0.2, 0) is 24.5 Å². The number of hydrogen-bond donors (Lipinski definition) is 0. The van der Waals surface area contributed by atoms with Gasteiger partial charge in [0, 0.05) is 24.6 Å². The van der Waals surface area contributed by atoms with Gasteiger partial charge in [0.2, 0.25) is 0 Å². The van der Waals surface area contributed by atoms with Crippen molar-refractivity contribution in [2.24, 2.45) is 11.8 Å². The first-order chi connectivity index (χ1) is 14.4. The van der Waals surface area contributed by atoms with Crippen molar-refractivity contribution < 1.29 is 28.6 Å². The Morgan fingerprint density at radius 1 is 1.10 bits per heavy atom. The van der Waals surface area contributed by atoms with E-state index >= 15 is 0 Å². The molecule has 0 amide bonds. The van der Waals surface area contributed by atoms with Gasteiger partial charge in [0.1, 0.15) is 11.6 Å². The Balaban J connectivity index is 1.70. The summed E-state index contributed by atoms with van der Waals surface area (Å²) >= 11 is 0. The second-order valence-electron chi connectivity index (χ2n) is 8.31. The number of hydrogen-bond acceptors (Lipinski definition) is 7. The molecule has 2 aromatic carbocycles. The third-order valence-corrected chi connectivity index (χ3v) is 7.13. The molecular weight excluding hydrogens is 386 g/mol. The maximum absolute atomic E-state index is 14.0. The molecule has 7 nitrogen and oxygen atoms in total. The van der Waals surface area contributed by atoms with Gasteiger partial charge in [0.15, 0.2) is 5.78 Å². The van der Waals surface area contributed by atoms with Gasteiger partial charge in [-0.3, -0.25) is 14.5 Å². The first kappa shape index (κ1) is 19.1. The highest BCUT2D eigenvalue weighted by Gasteiger charge is 2.69. The van der Waals surface area contributed by atoms with Crippen molar-refractivity contribution in [1.29, 1.82) is 0 Å². The van der Waals surface area contributed by atoms with Gasteiger partial charge in [-0.1, -0.05) is 43.3 Å². The fraction of sp³-hybridized carbons (Fsp3) is 0.435. The number of fused-ring (bicyclic) bond motifs is 3. The minimum atomic E-state index is -1.16. The van der Waals surface area contributed by atoms with E-state index in [0.29, 0.717) is 18.5 Å². The van der Waals surface area contributed by atoms with Crippen molar-refractivity contribution in [2.45, 2.75) is 31.0 Å². The highest BCUT2D eigenvalue weighted by atomic mass is 16.7. The van der Waals surface area contributed by atoms with Crippen LogP contribution in [0.5, 0.6) is 0 Å². The molecule has 2 heterocycles. The Morgan fingerprint density at radius 3 is 2.53 bits per heavy atom. The lowest BCUT2D eigenvalue weighted by molar-refractivity contribution is -0.149. The first-order valence-corrected chi connectivity index (χ1v) is 10.1. The quantitative estimate of drug-likeness (QED) is 0.706. The summed E-state index contributed by atoms with van der Waals surface area (Å²) in [6.07, 6.45) is -0.614. The molecule has 5 rings (SSSR count). The van der Waals surface area contributed by atoms with Crippen molar-refractivity contribution in [2.75, 3.05) is 20.8 Å². The van der Waals surface area contributed by atoms with Gasteiger partial charge >= 0.3 is 12.1 Å². The molecule has 2 aromatic rings. The van der Waals surface area contributed by atoms with Crippen LogP contribution in [0.25, 0.3) is 10.8 Å². The summed E-state index contributed by atoms with van der Waals surface area (Å²) in [5.41, 5.74) is 0.306. The van der Waals surface area contributed by atoms with Gasteiger partial charge in [-0.15, -0.1) is 0 Å². The number of benzene rings is 2. The number of nitrogens with zero attached hydrogens (tertiary/aromatic N) is 1. The summed E-state index contributed by atoms with van der Waals surface area (Å²) in [4.78, 5) is 40.8. The Labute approximate surface area is 173 Å². The Bertz CT molecular complexity index is 1080. The molecule has 0 bridgehead atoms. The summed E-state index contributed by atoms with van der Waals surface area (Å²) in [7, 11) is 2.64. The number of ether oxygens (including phenoxy) is 3. The maximum atomic E-state index is 14.0. The van der Waals surface area contributed by atoms with Gasteiger partial charge < -0.3 is 14.2 Å². The van der Waals surface area contributed by atoms with Gasteiger partial charge in [-0.25, -0.2) is 4.79 Å². The van der Waals surface area contributed by atoms with E-state index in [1.54, 1.807) is 0 Å². The lowest BCUT2D eigenvalue weighted by Crippen LogP contribution is -2.52. The molecule has 2 saturated heterocycles. The molecule has 1 aliphatic carbocycles. The lowest BCUT2D eigenvalue weighted by Gasteiger charge is -2.37. The number of Topliss-reactive ketones (excluding diaryl/α,β-unsaturated/α-hetero) is 1. The fourth-order valence-corrected chi connectivity index (χ4v) is 6.06. The van der Waals surface area contributed by atoms with E-state index in [1.165, 1.54) is 14.2 Å². The van der Waals surface area contributed by atoms with Crippen LogP contribution in [0.1, 0.15) is 29.3 Å². The summed E-state index contributed by atoms with van der Waals surface area (Å²) in [6, 6.07) is 11.4. The van der Waals surface area contributed by atoms with Crippen LogP contribution in [0.3, 0.4) is 0 Å². The largest absolute Gasteiger partial charge is 0.508 e. The van der Waals surface area contributed by atoms with E-state index in [4.69, 9.17) is 9.47 Å². The Morgan fingerprint density at radius 2 is 1.83 bits per heavy atom. The van der Waals surface area contributed by atoms with Gasteiger partial charge in [0.05, 0.1) is 20.1 Å². The highest BCUT2D eigenvalue weighted by Crippen LogP contribution is 2.59. The Hall–Kier alpha value is -2.93. The average molecular weight is 409 g/mol. The van der Waals surface area contributed by atoms with Gasteiger partial charge in [-0.2, -0.15) is 0 Å². The molecule has 0 saturated carbocycles. The number of esters is 1. The van der Waals surface area contributed by atoms with Crippen molar-refractivity contribution >= 4 is 28.7 Å². The Kier molecular flexibility index (Phi) is 4.15. The molecule has 156 valence electrons. The number of ketones is 1. The van der Waals surface area contributed by atoms with Crippen LogP contribution in [0.4, 0.5) is 4.79 Å². The number of carbonyl (C=O) groups excluding carboxylic acids is 3. The van der Waals surface area contributed by atoms with Crippen LogP contribution >= 0.6 is 0 Å². The third-order valence-electron chi connectivity index (χ3n) is 7.13. The van der Waals surface area contributed by atoms with E-state index in [9.17, 15) is 14.4 Å². The molecule has 5 atom stereocenters. The molecule has 0 radical (unpaired) electrons. The fourth-order valence-electron chi connectivity index (χ4n) is 6.06. The van der Waals surface area contributed by atoms with Crippen LogP contribution in [0.15, 0.2) is 36.4 Å². The monoisotopic (exact) mass is 409 g/mol. The van der Waals surface area contributed by atoms with Crippen LogP contribution < -0.4 is 0 Å². The molecule has 2 aliphatic heterocycles. The smallest absolute Gasteiger partial charge is 0.469 e. The lowest BCUT2D eigenvalue weighted by atomic mass is 9.73. The predicted octanol–water partition coefficient (Wildman–Crippen LogP) is 2.90. The number of carbonyl (C=O) groups is 3. The minimum absolute atomic E-state index is 0.0854. The van der Waals surface area contributed by atoms with Crippen molar-refractivity contribution in [3.63, 3.8) is 0 Å². The molecule has 1 spiro atoms. The third kappa shape index (κ3) is 2.21. The van der Waals surface area contributed by atoms with Crippen molar-refractivity contribution in [1.82, 2.24) is 4.90 Å². The summed E-state index contributed by atoms with van der Waals surface area (Å²) in [5, 5.41) is 1.86. The van der Waals surface area contributed by atoms with Crippen LogP contribution in [-0.4, -0.2) is 55.7 Å². The van der Waals surface area contributed by atoms with Crippen LogP contribution in [0.2, 0.25) is 0 Å². The zero-order chi connectivity index (χ0) is 21.2. The second kappa shape index (κ2) is 6.54. The molecular formula is C23H23NO6. The maximum Gasteiger partial charge on any atom is 0.508 e. The van der Waals surface area contributed by atoms with Gasteiger partial charge in [0.25, 0.3) is 0 Å². The minimum Gasteiger partial charge on any atom is -0.469 e. The number of rotatable bonds is 2. The highest BCUT2D eigenvalue weighted by molar-refractivity contribution is 6.21. The molecule has 0 aromatic heterocycles. The van der Waals surface area contributed by atoms with Crippen molar-refractivity contribution in [3.05, 3.63) is 47.5 Å². The van der Waals surface area contributed by atoms with E-state index in [2.05, 4.69) is 9.64 Å². The average Bonchev–Trinajstić information content (AvgIpc) is 3.35. The normalized spacial score (nSPS) is 31.9. The second-order valence-corrected chi connectivity index (χ2v) is 8.31. The van der Waals surface area contributed by atoms with E-state index in [-0.39, 0.29) is 23.7 Å². The summed E-state index contributed by atoms with van der Waals surface area (Å²) < 4.78 is 15.3.